The summed E-state index contributed by atoms with van der Waals surface area (Å²) in [5.74, 6) is -1.08. The molecule has 4 rings (SSSR count). The number of aryl methyl sites for hydroxylation is 1. The highest BCUT2D eigenvalue weighted by Crippen LogP contribution is 2.42. The third-order valence-corrected chi connectivity index (χ3v) is 6.72. The Balaban J connectivity index is 1.51. The first-order valence-electron chi connectivity index (χ1n) is 11.0. The summed E-state index contributed by atoms with van der Waals surface area (Å²) < 4.78 is 10.7. The fourth-order valence-electron chi connectivity index (χ4n) is 4.11. The summed E-state index contributed by atoms with van der Waals surface area (Å²) in [6, 6.07) is 18.0. The third kappa shape index (κ3) is 5.12. The van der Waals surface area contributed by atoms with Gasteiger partial charge in [0, 0.05) is 17.0 Å². The number of carbonyl (C=O) groups is 3. The zero-order valence-electron chi connectivity index (χ0n) is 19.0. The Bertz CT molecular complexity index is 1160. The smallest absolute Gasteiger partial charge is 0.311 e. The van der Waals surface area contributed by atoms with Crippen molar-refractivity contribution in [1.82, 2.24) is 0 Å². The van der Waals surface area contributed by atoms with Crippen molar-refractivity contribution in [2.45, 2.75) is 25.8 Å². The molecule has 2 aromatic carbocycles. The van der Waals surface area contributed by atoms with Crippen molar-refractivity contribution in [3.8, 4) is 5.75 Å². The molecule has 2 atom stereocenters. The first-order valence-corrected chi connectivity index (χ1v) is 11.9. The zero-order valence-corrected chi connectivity index (χ0v) is 19.8. The van der Waals surface area contributed by atoms with Crippen LogP contribution in [-0.4, -0.2) is 31.5 Å². The quantitative estimate of drug-likeness (QED) is 0.496. The molecule has 3 aromatic rings. The minimum absolute atomic E-state index is 0.0415. The zero-order chi connectivity index (χ0) is 24.1. The number of methoxy groups -OCH3 is 1. The summed E-state index contributed by atoms with van der Waals surface area (Å²) in [6.45, 7) is 1.55. The molecule has 1 aliphatic heterocycles. The number of hydrogen-bond donors (Lipinski definition) is 1. The van der Waals surface area contributed by atoms with E-state index in [1.807, 2.05) is 48.7 Å². The van der Waals surface area contributed by atoms with Crippen LogP contribution in [0.15, 0.2) is 66.0 Å². The molecule has 34 heavy (non-hydrogen) atoms. The molecule has 1 saturated heterocycles. The number of nitrogens with zero attached hydrogens (tertiary/aromatic N) is 1. The number of nitrogens with one attached hydrogen (secondary N) is 1. The highest BCUT2D eigenvalue weighted by molar-refractivity contribution is 7.10. The van der Waals surface area contributed by atoms with Gasteiger partial charge in [-0.25, -0.2) is 0 Å². The molecule has 0 saturated carbocycles. The van der Waals surface area contributed by atoms with E-state index in [-0.39, 0.29) is 12.3 Å². The van der Waals surface area contributed by atoms with Crippen molar-refractivity contribution in [1.29, 1.82) is 0 Å². The van der Waals surface area contributed by atoms with Crippen LogP contribution in [0.3, 0.4) is 0 Å². The van der Waals surface area contributed by atoms with E-state index in [9.17, 15) is 14.4 Å². The van der Waals surface area contributed by atoms with Gasteiger partial charge in [-0.05, 0) is 49.1 Å². The van der Waals surface area contributed by atoms with Crippen LogP contribution in [0.2, 0.25) is 0 Å². The monoisotopic (exact) mass is 478 g/mol. The van der Waals surface area contributed by atoms with E-state index < -0.39 is 30.4 Å². The minimum Gasteiger partial charge on any atom is -0.495 e. The molecular weight excluding hydrogens is 452 g/mol. The predicted molar refractivity (Wildman–Crippen MR) is 131 cm³/mol. The Morgan fingerprint density at radius 1 is 1.09 bits per heavy atom. The first kappa shape index (κ1) is 23.5. The average molecular weight is 479 g/mol. The van der Waals surface area contributed by atoms with E-state index >= 15 is 0 Å². The van der Waals surface area contributed by atoms with Crippen LogP contribution in [0.5, 0.6) is 5.75 Å². The second-order valence-electron chi connectivity index (χ2n) is 8.06. The summed E-state index contributed by atoms with van der Waals surface area (Å²) in [5, 5.41) is 4.62. The number of amides is 2. The van der Waals surface area contributed by atoms with Gasteiger partial charge < -0.3 is 19.7 Å². The van der Waals surface area contributed by atoms with Crippen LogP contribution in [0.4, 0.5) is 11.4 Å². The van der Waals surface area contributed by atoms with Crippen LogP contribution in [0, 0.1) is 12.8 Å². The summed E-state index contributed by atoms with van der Waals surface area (Å²) in [4.78, 5) is 41.2. The van der Waals surface area contributed by atoms with E-state index in [0.717, 1.165) is 16.1 Å². The number of benzene rings is 2. The maximum Gasteiger partial charge on any atom is 0.311 e. The molecule has 2 heterocycles. The average Bonchev–Trinajstić information content (AvgIpc) is 3.38. The molecule has 2 amide bonds. The molecule has 176 valence electrons. The molecule has 0 aliphatic carbocycles. The molecule has 2 unspecified atom stereocenters. The largest absolute Gasteiger partial charge is 0.495 e. The van der Waals surface area contributed by atoms with Crippen molar-refractivity contribution < 1.29 is 23.9 Å². The highest BCUT2D eigenvalue weighted by atomic mass is 32.1. The number of carbonyl (C=O) groups excluding carboxylic acids is 3. The predicted octanol–water partition coefficient (Wildman–Crippen LogP) is 4.73. The maximum atomic E-state index is 13.2. The van der Waals surface area contributed by atoms with E-state index in [2.05, 4.69) is 5.32 Å². The second kappa shape index (κ2) is 10.5. The van der Waals surface area contributed by atoms with E-state index in [1.54, 1.807) is 29.2 Å². The lowest BCUT2D eigenvalue weighted by molar-refractivity contribution is -0.153. The number of esters is 1. The van der Waals surface area contributed by atoms with Gasteiger partial charge >= 0.3 is 5.97 Å². The fraction of sp³-hybridized carbons (Fsp3) is 0.269. The lowest BCUT2D eigenvalue weighted by atomic mass is 9.87. The van der Waals surface area contributed by atoms with Gasteiger partial charge in [0.25, 0.3) is 5.91 Å². The van der Waals surface area contributed by atoms with Crippen LogP contribution < -0.4 is 15.0 Å². The first-order chi connectivity index (χ1) is 16.5. The molecule has 1 aromatic heterocycles. The molecule has 0 radical (unpaired) electrons. The summed E-state index contributed by atoms with van der Waals surface area (Å²) in [6.07, 6.45) is 0.583. The van der Waals surface area contributed by atoms with Gasteiger partial charge in [0.2, 0.25) is 5.91 Å². The Morgan fingerprint density at radius 3 is 2.56 bits per heavy atom. The Kier molecular flexibility index (Phi) is 7.27. The summed E-state index contributed by atoms with van der Waals surface area (Å²) in [5.41, 5.74) is 2.31. The lowest BCUT2D eigenvalue weighted by Gasteiger charge is -2.39. The molecule has 0 bridgehead atoms. The van der Waals surface area contributed by atoms with Gasteiger partial charge in [-0.3, -0.25) is 14.4 Å². The van der Waals surface area contributed by atoms with E-state index in [1.165, 1.54) is 18.4 Å². The normalized spacial score (nSPS) is 17.8. The molecule has 7 nitrogen and oxygen atoms in total. The molecule has 8 heteroatoms. The van der Waals surface area contributed by atoms with Crippen LogP contribution in [0.1, 0.15) is 29.3 Å². The van der Waals surface area contributed by atoms with Crippen LogP contribution in [0.25, 0.3) is 0 Å². The van der Waals surface area contributed by atoms with Crippen LogP contribution >= 0.6 is 11.3 Å². The number of para-hydroxylation sites is 2. The number of hydrogen-bond acceptors (Lipinski definition) is 6. The minimum atomic E-state index is -0.586. The Hall–Kier alpha value is -3.65. The summed E-state index contributed by atoms with van der Waals surface area (Å²) in [7, 11) is 1.51. The van der Waals surface area contributed by atoms with E-state index in [4.69, 9.17) is 9.47 Å². The number of thiophene rings is 1. The van der Waals surface area contributed by atoms with Crippen molar-refractivity contribution in [3.05, 3.63) is 76.5 Å². The third-order valence-electron chi connectivity index (χ3n) is 5.77. The van der Waals surface area contributed by atoms with Crippen LogP contribution in [-0.2, 0) is 19.1 Å². The molecule has 0 spiro atoms. The van der Waals surface area contributed by atoms with Crippen molar-refractivity contribution >= 4 is 40.5 Å². The summed E-state index contributed by atoms with van der Waals surface area (Å²) >= 11 is 1.49. The van der Waals surface area contributed by atoms with Gasteiger partial charge in [0.15, 0.2) is 6.61 Å². The van der Waals surface area contributed by atoms with Gasteiger partial charge in [-0.15, -0.1) is 11.3 Å². The van der Waals surface area contributed by atoms with Gasteiger partial charge in [0.1, 0.15) is 5.75 Å². The van der Waals surface area contributed by atoms with E-state index in [0.29, 0.717) is 17.9 Å². The number of piperidine rings is 1. The van der Waals surface area contributed by atoms with Gasteiger partial charge in [-0.2, -0.15) is 0 Å². The van der Waals surface area contributed by atoms with Crippen molar-refractivity contribution in [3.63, 3.8) is 0 Å². The highest BCUT2D eigenvalue weighted by Gasteiger charge is 2.43. The SMILES string of the molecule is COc1ccccc1NC(=O)COC(=O)C1CCC(=O)N(c2ccc(C)cc2)C1c1cccs1. The van der Waals surface area contributed by atoms with Gasteiger partial charge in [0.05, 0.1) is 24.8 Å². The maximum absolute atomic E-state index is 13.2. The molecular formula is C26H26N2O5S. The van der Waals surface area contributed by atoms with Crippen molar-refractivity contribution in [2.75, 3.05) is 23.9 Å². The molecule has 1 aliphatic rings. The van der Waals surface area contributed by atoms with Gasteiger partial charge in [-0.1, -0.05) is 35.9 Å². The Morgan fingerprint density at radius 2 is 1.85 bits per heavy atom. The fourth-order valence-corrected chi connectivity index (χ4v) is 4.99. The molecule has 1 fully saturated rings. The number of anilines is 2. The number of ether oxygens (including phenoxy) is 2. The topological polar surface area (TPSA) is 84.9 Å². The molecule has 1 N–H and O–H groups in total. The Labute approximate surface area is 202 Å². The lowest BCUT2D eigenvalue weighted by Crippen LogP contribution is -2.46. The second-order valence-corrected chi connectivity index (χ2v) is 9.04. The standard InChI is InChI=1S/C26H26N2O5S/c1-17-9-11-18(12-10-17)28-24(30)14-13-19(25(28)22-8-5-15-34-22)26(31)33-16-23(29)27-20-6-3-4-7-21(20)32-2/h3-12,15,19,25H,13-14,16H2,1-2H3,(H,27,29). The number of rotatable bonds is 7. The van der Waals surface area contributed by atoms with Crippen molar-refractivity contribution in [2.24, 2.45) is 5.92 Å².